The monoisotopic (exact) mass is 576 g/mol. The second-order valence-corrected chi connectivity index (χ2v) is 10.7. The first kappa shape index (κ1) is 28.3. The van der Waals surface area contributed by atoms with Crippen molar-refractivity contribution in [2.45, 2.75) is 13.5 Å². The highest BCUT2D eigenvalue weighted by atomic mass is 16.5. The van der Waals surface area contributed by atoms with Gasteiger partial charge in [-0.1, -0.05) is 36.4 Å². The molecule has 3 heterocycles. The van der Waals surface area contributed by atoms with Crippen LogP contribution in [0.2, 0.25) is 0 Å². The molecule has 0 bridgehead atoms. The minimum Gasteiger partial charge on any atom is -0.492 e. The third kappa shape index (κ3) is 6.82. The average Bonchev–Trinajstić information content (AvgIpc) is 3.41. The lowest BCUT2D eigenvalue weighted by Gasteiger charge is -2.31. The summed E-state index contributed by atoms with van der Waals surface area (Å²) in [5, 5.41) is 12.8. The van der Waals surface area contributed by atoms with Crippen molar-refractivity contribution in [1.82, 2.24) is 29.5 Å². The number of amides is 1. The van der Waals surface area contributed by atoms with E-state index < -0.39 is 0 Å². The molecule has 220 valence electrons. The van der Waals surface area contributed by atoms with Crippen molar-refractivity contribution in [3.05, 3.63) is 90.9 Å². The number of carbonyl (C=O) groups is 1. The summed E-state index contributed by atoms with van der Waals surface area (Å²) in [6.45, 7) is 7.90. The fraction of sp³-hybridized carbons (Fsp3) is 0.273. The number of carbonyl (C=O) groups excluding carboxylic acids is 1. The van der Waals surface area contributed by atoms with E-state index in [9.17, 15) is 4.79 Å². The summed E-state index contributed by atoms with van der Waals surface area (Å²) in [7, 11) is 2.13. The molecule has 6 rings (SSSR count). The topological polar surface area (TPSA) is 100 Å². The second-order valence-electron chi connectivity index (χ2n) is 10.7. The van der Waals surface area contributed by atoms with Crippen molar-refractivity contribution >= 4 is 44.9 Å². The lowest BCUT2D eigenvalue weighted by molar-refractivity contribution is -0.111. The number of hydrogen-bond acceptors (Lipinski definition) is 8. The van der Waals surface area contributed by atoms with Crippen LogP contribution >= 0.6 is 0 Å². The first-order valence-corrected chi connectivity index (χ1v) is 14.6. The summed E-state index contributed by atoms with van der Waals surface area (Å²) >= 11 is 0. The van der Waals surface area contributed by atoms with E-state index in [0.29, 0.717) is 35.9 Å². The van der Waals surface area contributed by atoms with Crippen LogP contribution in [0.1, 0.15) is 12.5 Å². The number of likely N-dealkylation sites (N-methyl/N-ethyl adjacent to an activating group) is 1. The molecule has 10 nitrogen and oxygen atoms in total. The fourth-order valence-corrected chi connectivity index (χ4v) is 5.25. The first-order chi connectivity index (χ1) is 21.1. The highest BCUT2D eigenvalue weighted by Gasteiger charge is 2.15. The zero-order valence-electron chi connectivity index (χ0n) is 24.5. The molecule has 1 aliphatic heterocycles. The summed E-state index contributed by atoms with van der Waals surface area (Å²) in [4.78, 5) is 26.5. The summed E-state index contributed by atoms with van der Waals surface area (Å²) in [6, 6.07) is 20.1. The number of aromatic nitrogens is 4. The molecule has 2 N–H and O–H groups in total. The molecule has 0 radical (unpaired) electrons. The SMILES string of the molecule is CCOc1cc2ncnc(Nc3ccc4c(cnn4Cc4ccccc4)c3)c2cc1NC(=O)C=CCN1CCN(C)CC1. The van der Waals surface area contributed by atoms with Gasteiger partial charge in [0, 0.05) is 61.3 Å². The van der Waals surface area contributed by atoms with E-state index in [1.807, 2.05) is 60.3 Å². The Morgan fingerprint density at radius 3 is 2.67 bits per heavy atom. The second kappa shape index (κ2) is 13.0. The van der Waals surface area contributed by atoms with Crippen molar-refractivity contribution in [2.24, 2.45) is 0 Å². The van der Waals surface area contributed by atoms with Crippen molar-refractivity contribution < 1.29 is 9.53 Å². The molecular weight excluding hydrogens is 540 g/mol. The lowest BCUT2D eigenvalue weighted by atomic mass is 10.1. The van der Waals surface area contributed by atoms with Crippen molar-refractivity contribution in [3.8, 4) is 5.75 Å². The Hall–Kier alpha value is -4.80. The number of nitrogens with one attached hydrogen (secondary N) is 2. The number of benzene rings is 3. The minimum atomic E-state index is -0.209. The predicted octanol–water partition coefficient (Wildman–Crippen LogP) is 4.91. The van der Waals surface area contributed by atoms with Gasteiger partial charge in [0.1, 0.15) is 17.9 Å². The Bertz CT molecular complexity index is 1740. The zero-order chi connectivity index (χ0) is 29.6. The summed E-state index contributed by atoms with van der Waals surface area (Å²) < 4.78 is 7.86. The number of nitrogens with zero attached hydrogens (tertiary/aromatic N) is 6. The molecule has 1 aliphatic rings. The highest BCUT2D eigenvalue weighted by Crippen LogP contribution is 2.34. The van der Waals surface area contributed by atoms with Crippen LogP contribution in [-0.4, -0.2) is 81.8 Å². The summed E-state index contributed by atoms with van der Waals surface area (Å²) in [6.07, 6.45) is 6.90. The first-order valence-electron chi connectivity index (χ1n) is 14.6. The van der Waals surface area contributed by atoms with Crippen LogP contribution in [0.5, 0.6) is 5.75 Å². The minimum absolute atomic E-state index is 0.209. The highest BCUT2D eigenvalue weighted by molar-refractivity contribution is 6.03. The van der Waals surface area contributed by atoms with E-state index in [1.165, 1.54) is 11.9 Å². The molecule has 2 aromatic heterocycles. The zero-order valence-corrected chi connectivity index (χ0v) is 24.5. The van der Waals surface area contributed by atoms with Gasteiger partial charge in [-0.3, -0.25) is 14.4 Å². The fourth-order valence-electron chi connectivity index (χ4n) is 5.25. The molecule has 0 saturated carbocycles. The smallest absolute Gasteiger partial charge is 0.248 e. The van der Waals surface area contributed by atoms with Gasteiger partial charge in [0.25, 0.3) is 0 Å². The molecule has 5 aromatic rings. The normalized spacial score (nSPS) is 14.5. The molecule has 0 aliphatic carbocycles. The van der Waals surface area contributed by atoms with E-state index >= 15 is 0 Å². The number of ether oxygens (including phenoxy) is 1. The van der Waals surface area contributed by atoms with Crippen LogP contribution in [0.4, 0.5) is 17.2 Å². The predicted molar refractivity (Wildman–Crippen MR) is 171 cm³/mol. The van der Waals surface area contributed by atoms with Gasteiger partial charge in [-0.15, -0.1) is 0 Å². The van der Waals surface area contributed by atoms with Crippen LogP contribution < -0.4 is 15.4 Å². The third-order valence-corrected chi connectivity index (χ3v) is 7.60. The van der Waals surface area contributed by atoms with Gasteiger partial charge >= 0.3 is 0 Å². The molecule has 0 spiro atoms. The van der Waals surface area contributed by atoms with Gasteiger partial charge in [0.2, 0.25) is 5.91 Å². The number of hydrogen-bond donors (Lipinski definition) is 2. The summed E-state index contributed by atoms with van der Waals surface area (Å²) in [5.41, 5.74) is 4.40. The molecule has 1 amide bonds. The van der Waals surface area contributed by atoms with Gasteiger partial charge in [-0.05, 0) is 43.8 Å². The van der Waals surface area contributed by atoms with Crippen molar-refractivity contribution in [3.63, 3.8) is 0 Å². The number of anilines is 3. The van der Waals surface area contributed by atoms with Gasteiger partial charge < -0.3 is 20.3 Å². The number of piperazine rings is 1. The van der Waals surface area contributed by atoms with E-state index in [1.54, 1.807) is 6.08 Å². The van der Waals surface area contributed by atoms with Crippen LogP contribution in [0.25, 0.3) is 21.8 Å². The molecule has 1 fully saturated rings. The Labute approximate surface area is 251 Å². The van der Waals surface area contributed by atoms with Crippen molar-refractivity contribution in [2.75, 3.05) is 57.0 Å². The van der Waals surface area contributed by atoms with Crippen LogP contribution in [0.15, 0.2) is 85.3 Å². The standard InChI is InChI=1S/C33H36N8O2/c1-3-43-31-20-28-27(19-29(31)38-32(42)10-7-13-40-16-14-39(2)15-17-40)33(35-23-34-28)37-26-11-12-30-25(18-26)21-36-41(30)22-24-8-5-4-6-9-24/h4-12,18-21,23H,3,13-17,22H2,1-2H3,(H,38,42)(H,34,35,37). The van der Waals surface area contributed by atoms with Gasteiger partial charge in [0.05, 0.1) is 36.1 Å². The van der Waals surface area contributed by atoms with E-state index in [-0.39, 0.29) is 5.91 Å². The molecule has 0 atom stereocenters. The van der Waals surface area contributed by atoms with Crippen LogP contribution in [0.3, 0.4) is 0 Å². The maximum atomic E-state index is 12.9. The average molecular weight is 577 g/mol. The van der Waals surface area contributed by atoms with Gasteiger partial charge in [-0.25, -0.2) is 9.97 Å². The summed E-state index contributed by atoms with van der Waals surface area (Å²) in [5.74, 6) is 0.983. The van der Waals surface area contributed by atoms with E-state index in [0.717, 1.165) is 54.7 Å². The van der Waals surface area contributed by atoms with Gasteiger partial charge in [-0.2, -0.15) is 5.10 Å². The Balaban J connectivity index is 1.21. The molecular formula is C33H36N8O2. The third-order valence-electron chi connectivity index (χ3n) is 7.60. The molecule has 0 unspecified atom stereocenters. The van der Waals surface area contributed by atoms with Gasteiger partial charge in [0.15, 0.2) is 0 Å². The maximum absolute atomic E-state index is 12.9. The van der Waals surface area contributed by atoms with E-state index in [2.05, 4.69) is 66.8 Å². The van der Waals surface area contributed by atoms with Crippen molar-refractivity contribution in [1.29, 1.82) is 0 Å². The van der Waals surface area contributed by atoms with E-state index in [4.69, 9.17) is 4.74 Å². The Morgan fingerprint density at radius 2 is 1.86 bits per heavy atom. The van der Waals surface area contributed by atoms with Crippen LogP contribution in [0, 0.1) is 0 Å². The quantitative estimate of drug-likeness (QED) is 0.226. The lowest BCUT2D eigenvalue weighted by Crippen LogP contribution is -2.44. The molecule has 1 saturated heterocycles. The largest absolute Gasteiger partial charge is 0.492 e. The molecule has 43 heavy (non-hydrogen) atoms. The number of rotatable bonds is 10. The molecule has 3 aromatic carbocycles. The Kier molecular flexibility index (Phi) is 8.57. The Morgan fingerprint density at radius 1 is 1.02 bits per heavy atom. The molecule has 10 heteroatoms. The van der Waals surface area contributed by atoms with Crippen LogP contribution in [-0.2, 0) is 11.3 Å². The number of fused-ring (bicyclic) bond motifs is 2. The maximum Gasteiger partial charge on any atom is 0.248 e.